The zero-order valence-corrected chi connectivity index (χ0v) is 6.28. The van der Waals surface area contributed by atoms with Crippen molar-refractivity contribution >= 4 is 0 Å². The summed E-state index contributed by atoms with van der Waals surface area (Å²) in [5.74, 6) is 0. The summed E-state index contributed by atoms with van der Waals surface area (Å²) in [4.78, 5) is 9.68. The van der Waals surface area contributed by atoms with Gasteiger partial charge in [-0.1, -0.05) is 0 Å². The van der Waals surface area contributed by atoms with Crippen LogP contribution in [0.4, 0.5) is 0 Å². The van der Waals surface area contributed by atoms with Crippen molar-refractivity contribution in [1.82, 2.24) is 0 Å². The van der Waals surface area contributed by atoms with Crippen LogP contribution >= 0.6 is 0 Å². The Kier molecular flexibility index (Phi) is 2.89. The predicted molar refractivity (Wildman–Crippen MR) is 39.7 cm³/mol. The molecule has 62 valence electrons. The molecule has 0 saturated heterocycles. The minimum Gasteiger partial charge on any atom is -0.501 e. The number of rotatable bonds is 3. The van der Waals surface area contributed by atoms with Crippen LogP contribution < -0.4 is 0 Å². The molecule has 1 aliphatic rings. The molecule has 0 spiro atoms. The van der Waals surface area contributed by atoms with E-state index in [4.69, 9.17) is 4.74 Å². The summed E-state index contributed by atoms with van der Waals surface area (Å²) in [6.07, 6.45) is 4.14. The molecule has 0 aromatic carbocycles. The van der Waals surface area contributed by atoms with Gasteiger partial charge in [-0.2, -0.15) is 0 Å². The van der Waals surface area contributed by atoms with E-state index in [9.17, 15) is 10.1 Å². The van der Waals surface area contributed by atoms with Gasteiger partial charge in [0.1, 0.15) is 0 Å². The second-order valence-electron chi connectivity index (χ2n) is 2.56. The minimum atomic E-state index is -0.296. The van der Waals surface area contributed by atoms with Gasteiger partial charge >= 0.3 is 0 Å². The van der Waals surface area contributed by atoms with E-state index in [1.54, 1.807) is 6.26 Å². The first-order valence-electron chi connectivity index (χ1n) is 3.70. The van der Waals surface area contributed by atoms with Gasteiger partial charge in [0.05, 0.1) is 12.9 Å². The molecule has 0 amide bonds. The molecule has 0 saturated carbocycles. The standard InChI is InChI=1S/C7H11NO3/c9-8(10)4-3-7-2-1-5-11-6-7/h6H,1-5H2. The molecule has 0 N–H and O–H groups in total. The van der Waals surface area contributed by atoms with Crippen molar-refractivity contribution in [3.63, 3.8) is 0 Å². The summed E-state index contributed by atoms with van der Waals surface area (Å²) in [6, 6.07) is 0. The van der Waals surface area contributed by atoms with Gasteiger partial charge in [-0.05, 0) is 18.4 Å². The van der Waals surface area contributed by atoms with E-state index in [0.717, 1.165) is 25.0 Å². The van der Waals surface area contributed by atoms with Crippen LogP contribution in [0.1, 0.15) is 19.3 Å². The highest BCUT2D eigenvalue weighted by Gasteiger charge is 2.06. The second-order valence-corrected chi connectivity index (χ2v) is 2.56. The van der Waals surface area contributed by atoms with E-state index in [2.05, 4.69) is 0 Å². The number of hydrogen-bond donors (Lipinski definition) is 0. The fourth-order valence-electron chi connectivity index (χ4n) is 1.04. The molecule has 1 heterocycles. The summed E-state index contributed by atoms with van der Waals surface area (Å²) in [5.41, 5.74) is 1.06. The van der Waals surface area contributed by atoms with Crippen LogP contribution in [0, 0.1) is 10.1 Å². The largest absolute Gasteiger partial charge is 0.501 e. The SMILES string of the molecule is O=[N+]([O-])CCC1=COCCC1. The molecule has 0 aliphatic carbocycles. The Morgan fingerprint density at radius 1 is 1.73 bits per heavy atom. The van der Waals surface area contributed by atoms with Gasteiger partial charge < -0.3 is 4.74 Å². The molecule has 0 aromatic rings. The van der Waals surface area contributed by atoms with Crippen molar-refractivity contribution < 1.29 is 9.66 Å². The van der Waals surface area contributed by atoms with Crippen molar-refractivity contribution in [1.29, 1.82) is 0 Å². The van der Waals surface area contributed by atoms with E-state index in [-0.39, 0.29) is 11.5 Å². The van der Waals surface area contributed by atoms with E-state index in [1.165, 1.54) is 0 Å². The number of hydrogen-bond acceptors (Lipinski definition) is 3. The van der Waals surface area contributed by atoms with Gasteiger partial charge in [0.2, 0.25) is 6.54 Å². The topological polar surface area (TPSA) is 52.4 Å². The number of ether oxygens (including phenoxy) is 1. The third-order valence-corrected chi connectivity index (χ3v) is 1.63. The van der Waals surface area contributed by atoms with Gasteiger partial charge in [0, 0.05) is 11.3 Å². The molecule has 0 unspecified atom stereocenters. The van der Waals surface area contributed by atoms with Crippen LogP contribution in [0.2, 0.25) is 0 Å². The summed E-state index contributed by atoms with van der Waals surface area (Å²) in [6.45, 7) is 0.775. The lowest BCUT2D eigenvalue weighted by atomic mass is 10.1. The minimum absolute atomic E-state index is 0.0230. The first-order valence-corrected chi connectivity index (χ1v) is 3.70. The fourth-order valence-corrected chi connectivity index (χ4v) is 1.04. The van der Waals surface area contributed by atoms with Crippen molar-refractivity contribution in [2.24, 2.45) is 0 Å². The van der Waals surface area contributed by atoms with E-state index >= 15 is 0 Å². The van der Waals surface area contributed by atoms with E-state index < -0.39 is 0 Å². The maximum Gasteiger partial charge on any atom is 0.207 e. The average molecular weight is 157 g/mol. The Balaban J connectivity index is 2.24. The highest BCUT2D eigenvalue weighted by molar-refractivity contribution is 4.99. The third-order valence-electron chi connectivity index (χ3n) is 1.63. The predicted octanol–water partition coefficient (Wildman–Crippen LogP) is 1.35. The van der Waals surface area contributed by atoms with Crippen LogP contribution in [0.15, 0.2) is 11.8 Å². The quantitative estimate of drug-likeness (QED) is 0.459. The lowest BCUT2D eigenvalue weighted by Crippen LogP contribution is -2.05. The van der Waals surface area contributed by atoms with Gasteiger partial charge in [0.15, 0.2) is 0 Å². The summed E-state index contributed by atoms with van der Waals surface area (Å²) < 4.78 is 5.03. The Morgan fingerprint density at radius 2 is 2.55 bits per heavy atom. The Morgan fingerprint density at radius 3 is 3.09 bits per heavy atom. The molecule has 0 atom stereocenters. The smallest absolute Gasteiger partial charge is 0.207 e. The zero-order chi connectivity index (χ0) is 8.10. The lowest BCUT2D eigenvalue weighted by Gasteiger charge is -2.11. The highest BCUT2D eigenvalue weighted by Crippen LogP contribution is 2.14. The molecule has 0 bridgehead atoms. The molecule has 4 nitrogen and oxygen atoms in total. The Labute approximate surface area is 65.0 Å². The molecule has 11 heavy (non-hydrogen) atoms. The molecular weight excluding hydrogens is 146 g/mol. The Bertz CT molecular complexity index is 177. The number of nitrogens with zero attached hydrogens (tertiary/aromatic N) is 1. The van der Waals surface area contributed by atoms with Gasteiger partial charge in [-0.15, -0.1) is 0 Å². The molecule has 1 aliphatic heterocycles. The molecular formula is C7H11NO3. The molecule has 0 fully saturated rings. The summed E-state index contributed by atoms with van der Waals surface area (Å²) >= 11 is 0. The van der Waals surface area contributed by atoms with Crippen molar-refractivity contribution in [3.05, 3.63) is 21.9 Å². The highest BCUT2D eigenvalue weighted by atomic mass is 16.6. The van der Waals surface area contributed by atoms with Crippen LogP contribution in [0.25, 0.3) is 0 Å². The average Bonchev–Trinajstić information content (AvgIpc) is 2.03. The molecule has 1 rings (SSSR count). The van der Waals surface area contributed by atoms with Crippen LogP contribution in [0.3, 0.4) is 0 Å². The molecule has 0 aromatic heterocycles. The Hall–Kier alpha value is -1.06. The third kappa shape index (κ3) is 3.02. The maximum absolute atomic E-state index is 9.98. The maximum atomic E-state index is 9.98. The fraction of sp³-hybridized carbons (Fsp3) is 0.714. The van der Waals surface area contributed by atoms with Crippen LogP contribution in [0.5, 0.6) is 0 Å². The summed E-state index contributed by atoms with van der Waals surface area (Å²) in [7, 11) is 0. The van der Waals surface area contributed by atoms with E-state index in [1.807, 2.05) is 0 Å². The second kappa shape index (κ2) is 3.95. The number of nitro groups is 1. The van der Waals surface area contributed by atoms with Gasteiger partial charge in [0.25, 0.3) is 0 Å². The summed E-state index contributed by atoms with van der Waals surface area (Å²) in [5, 5.41) is 9.98. The first kappa shape index (κ1) is 8.04. The van der Waals surface area contributed by atoms with Crippen molar-refractivity contribution in [3.8, 4) is 0 Å². The molecule has 0 radical (unpaired) electrons. The zero-order valence-electron chi connectivity index (χ0n) is 6.28. The van der Waals surface area contributed by atoms with Crippen molar-refractivity contribution in [2.75, 3.05) is 13.2 Å². The normalized spacial score (nSPS) is 16.9. The molecule has 4 heteroatoms. The van der Waals surface area contributed by atoms with E-state index in [0.29, 0.717) is 6.42 Å². The monoisotopic (exact) mass is 157 g/mol. The van der Waals surface area contributed by atoms with Crippen molar-refractivity contribution in [2.45, 2.75) is 19.3 Å². The lowest BCUT2D eigenvalue weighted by molar-refractivity contribution is -0.479. The first-order chi connectivity index (χ1) is 5.29. The van der Waals surface area contributed by atoms with Crippen LogP contribution in [-0.4, -0.2) is 18.1 Å². The van der Waals surface area contributed by atoms with Crippen LogP contribution in [-0.2, 0) is 4.74 Å². The van der Waals surface area contributed by atoms with Gasteiger partial charge in [-0.25, -0.2) is 0 Å². The van der Waals surface area contributed by atoms with Gasteiger partial charge in [-0.3, -0.25) is 10.1 Å².